The standard InChI is InChI=1S/C21H12BrNO5/c22-16-5-1-2-6-17(16)28-19-12-26-18-10-14(7-8-15(18)20(19)24)27-21(25)13-4-3-9-23-11-13/h1-12H. The van der Waals surface area contributed by atoms with E-state index in [1.54, 1.807) is 36.5 Å². The van der Waals surface area contributed by atoms with Gasteiger partial charge in [0.2, 0.25) is 11.2 Å². The second-order valence-electron chi connectivity index (χ2n) is 5.75. The fourth-order valence-corrected chi connectivity index (χ4v) is 2.89. The molecule has 0 amide bonds. The molecule has 28 heavy (non-hydrogen) atoms. The maximum absolute atomic E-state index is 12.7. The van der Waals surface area contributed by atoms with Crippen molar-refractivity contribution in [3.05, 3.63) is 93.5 Å². The summed E-state index contributed by atoms with van der Waals surface area (Å²) in [6.07, 6.45) is 4.21. The summed E-state index contributed by atoms with van der Waals surface area (Å²) in [6, 6.07) is 14.9. The van der Waals surface area contributed by atoms with Crippen molar-refractivity contribution in [1.82, 2.24) is 4.98 Å². The van der Waals surface area contributed by atoms with Crippen LogP contribution >= 0.6 is 15.9 Å². The number of nitrogens with zero attached hydrogens (tertiary/aromatic N) is 1. The van der Waals surface area contributed by atoms with E-state index in [4.69, 9.17) is 13.9 Å². The van der Waals surface area contributed by atoms with Gasteiger partial charge in [0, 0.05) is 18.5 Å². The monoisotopic (exact) mass is 437 g/mol. The van der Waals surface area contributed by atoms with Gasteiger partial charge in [-0.2, -0.15) is 0 Å². The fourth-order valence-electron chi connectivity index (χ4n) is 2.52. The number of hydrogen-bond donors (Lipinski definition) is 0. The number of para-hydroxylation sites is 1. The van der Waals surface area contributed by atoms with Crippen LogP contribution in [0.1, 0.15) is 10.4 Å². The van der Waals surface area contributed by atoms with E-state index in [0.717, 1.165) is 0 Å². The van der Waals surface area contributed by atoms with Crippen LogP contribution in [0, 0.1) is 0 Å². The molecule has 4 rings (SSSR count). The van der Waals surface area contributed by atoms with Gasteiger partial charge < -0.3 is 13.9 Å². The smallest absolute Gasteiger partial charge is 0.345 e. The highest BCUT2D eigenvalue weighted by atomic mass is 79.9. The number of carbonyl (C=O) groups excluding carboxylic acids is 1. The molecule has 2 heterocycles. The Bertz CT molecular complexity index is 1220. The van der Waals surface area contributed by atoms with Gasteiger partial charge in [-0.05, 0) is 52.3 Å². The molecule has 7 heteroatoms. The molecule has 0 spiro atoms. The highest BCUT2D eigenvalue weighted by Gasteiger charge is 2.13. The first-order valence-electron chi connectivity index (χ1n) is 8.22. The van der Waals surface area contributed by atoms with Gasteiger partial charge in [0.25, 0.3) is 0 Å². The molecule has 2 aromatic carbocycles. The number of pyridine rings is 1. The first-order valence-corrected chi connectivity index (χ1v) is 9.01. The largest absolute Gasteiger partial charge is 0.460 e. The Hall–Kier alpha value is -3.45. The Balaban J connectivity index is 1.62. The zero-order valence-electron chi connectivity index (χ0n) is 14.3. The van der Waals surface area contributed by atoms with Crippen molar-refractivity contribution in [3.63, 3.8) is 0 Å². The summed E-state index contributed by atoms with van der Waals surface area (Å²) >= 11 is 3.37. The van der Waals surface area contributed by atoms with E-state index in [-0.39, 0.29) is 22.5 Å². The molecule has 0 unspecified atom stereocenters. The Kier molecular flexibility index (Phi) is 4.90. The van der Waals surface area contributed by atoms with E-state index in [0.29, 0.717) is 21.2 Å². The third kappa shape index (κ3) is 3.65. The Morgan fingerprint density at radius 1 is 1.04 bits per heavy atom. The molecule has 0 atom stereocenters. The van der Waals surface area contributed by atoms with Gasteiger partial charge >= 0.3 is 5.97 Å². The molecule has 6 nitrogen and oxygen atoms in total. The van der Waals surface area contributed by atoms with Crippen LogP contribution in [-0.4, -0.2) is 11.0 Å². The number of carbonyl (C=O) groups is 1. The lowest BCUT2D eigenvalue weighted by Gasteiger charge is -2.08. The lowest BCUT2D eigenvalue weighted by Crippen LogP contribution is -2.09. The highest BCUT2D eigenvalue weighted by Crippen LogP contribution is 2.29. The van der Waals surface area contributed by atoms with E-state index in [2.05, 4.69) is 20.9 Å². The van der Waals surface area contributed by atoms with Crippen molar-refractivity contribution < 1.29 is 18.7 Å². The number of rotatable bonds is 4. The summed E-state index contributed by atoms with van der Waals surface area (Å²) < 4.78 is 17.2. The fraction of sp³-hybridized carbons (Fsp3) is 0. The first-order chi connectivity index (χ1) is 13.6. The number of esters is 1. The number of ether oxygens (including phenoxy) is 2. The maximum Gasteiger partial charge on any atom is 0.345 e. The summed E-state index contributed by atoms with van der Waals surface area (Å²) in [7, 11) is 0. The number of fused-ring (bicyclic) bond motifs is 1. The van der Waals surface area contributed by atoms with E-state index in [9.17, 15) is 9.59 Å². The van der Waals surface area contributed by atoms with Gasteiger partial charge in [0.05, 0.1) is 15.4 Å². The second-order valence-corrected chi connectivity index (χ2v) is 6.61. The van der Waals surface area contributed by atoms with Gasteiger partial charge in [0.1, 0.15) is 23.3 Å². The molecule has 0 saturated carbocycles. The van der Waals surface area contributed by atoms with Gasteiger partial charge in [0.15, 0.2) is 0 Å². The lowest BCUT2D eigenvalue weighted by atomic mass is 10.2. The van der Waals surface area contributed by atoms with Crippen LogP contribution in [0.5, 0.6) is 17.2 Å². The maximum atomic E-state index is 12.7. The Morgan fingerprint density at radius 2 is 1.89 bits per heavy atom. The summed E-state index contributed by atoms with van der Waals surface area (Å²) in [5, 5.41) is 0.311. The van der Waals surface area contributed by atoms with E-state index >= 15 is 0 Å². The molecule has 138 valence electrons. The number of hydrogen-bond acceptors (Lipinski definition) is 6. The van der Waals surface area contributed by atoms with Gasteiger partial charge in [-0.3, -0.25) is 9.78 Å². The van der Waals surface area contributed by atoms with Crippen LogP contribution in [0.3, 0.4) is 0 Å². The van der Waals surface area contributed by atoms with Crippen LogP contribution in [-0.2, 0) is 0 Å². The van der Waals surface area contributed by atoms with Crippen molar-refractivity contribution in [2.75, 3.05) is 0 Å². The minimum Gasteiger partial charge on any atom is -0.460 e. The first kappa shape index (κ1) is 17.9. The normalized spacial score (nSPS) is 10.6. The third-order valence-corrected chi connectivity index (χ3v) is 4.53. The topological polar surface area (TPSA) is 78.6 Å². The van der Waals surface area contributed by atoms with E-state index < -0.39 is 5.97 Å². The zero-order valence-corrected chi connectivity index (χ0v) is 15.9. The van der Waals surface area contributed by atoms with Crippen LogP contribution in [0.2, 0.25) is 0 Å². The zero-order chi connectivity index (χ0) is 19.5. The van der Waals surface area contributed by atoms with Crippen molar-refractivity contribution in [2.24, 2.45) is 0 Å². The van der Waals surface area contributed by atoms with Crippen LogP contribution < -0.4 is 14.9 Å². The molecule has 4 aromatic rings. The lowest BCUT2D eigenvalue weighted by molar-refractivity contribution is 0.0734. The molecule has 0 bridgehead atoms. The SMILES string of the molecule is O=C(Oc1ccc2c(=O)c(Oc3ccccc3Br)coc2c1)c1cccnc1. The highest BCUT2D eigenvalue weighted by molar-refractivity contribution is 9.10. The second kappa shape index (κ2) is 7.66. The quantitative estimate of drug-likeness (QED) is 0.331. The predicted octanol–water partition coefficient (Wildman–Crippen LogP) is 4.96. The van der Waals surface area contributed by atoms with Crippen LogP contribution in [0.4, 0.5) is 0 Å². The molecule has 0 aliphatic carbocycles. The molecule has 2 aromatic heterocycles. The molecule has 0 N–H and O–H groups in total. The average Bonchev–Trinajstić information content (AvgIpc) is 2.72. The molecule has 0 aliphatic rings. The van der Waals surface area contributed by atoms with Crippen molar-refractivity contribution in [3.8, 4) is 17.2 Å². The van der Waals surface area contributed by atoms with E-state index in [1.807, 2.05) is 6.07 Å². The number of benzene rings is 2. The summed E-state index contributed by atoms with van der Waals surface area (Å²) in [5.41, 5.74) is 0.268. The van der Waals surface area contributed by atoms with Crippen molar-refractivity contribution in [1.29, 1.82) is 0 Å². The summed E-state index contributed by atoms with van der Waals surface area (Å²) in [5.74, 6) is 0.253. The predicted molar refractivity (Wildman–Crippen MR) is 106 cm³/mol. The number of halogens is 1. The molecular weight excluding hydrogens is 426 g/mol. The molecule has 0 aliphatic heterocycles. The van der Waals surface area contributed by atoms with Gasteiger partial charge in [-0.15, -0.1) is 0 Å². The summed E-state index contributed by atoms with van der Waals surface area (Å²) in [6.45, 7) is 0. The van der Waals surface area contributed by atoms with Gasteiger partial charge in [-0.1, -0.05) is 12.1 Å². The number of aromatic nitrogens is 1. The average molecular weight is 438 g/mol. The van der Waals surface area contributed by atoms with Crippen LogP contribution in [0.25, 0.3) is 11.0 Å². The molecule has 0 radical (unpaired) electrons. The van der Waals surface area contributed by atoms with Crippen molar-refractivity contribution >= 4 is 32.9 Å². The third-order valence-electron chi connectivity index (χ3n) is 3.88. The summed E-state index contributed by atoms with van der Waals surface area (Å²) in [4.78, 5) is 28.7. The molecular formula is C21H12BrNO5. The van der Waals surface area contributed by atoms with Crippen molar-refractivity contribution in [2.45, 2.75) is 0 Å². The Morgan fingerprint density at radius 3 is 2.68 bits per heavy atom. The Labute approximate surface area is 167 Å². The van der Waals surface area contributed by atoms with Gasteiger partial charge in [-0.25, -0.2) is 4.79 Å². The minimum atomic E-state index is -0.552. The molecule has 0 fully saturated rings. The molecule has 0 saturated heterocycles. The minimum absolute atomic E-state index is 0.0551. The van der Waals surface area contributed by atoms with E-state index in [1.165, 1.54) is 30.7 Å². The van der Waals surface area contributed by atoms with Crippen LogP contribution in [0.15, 0.2) is 86.9 Å².